The molecule has 1 aliphatic rings. The SMILES string of the molecule is CCCCNC(=O)CCC(=O)N1CCC[C@H]1c1nc2ccccc2s1. The van der Waals surface area contributed by atoms with Gasteiger partial charge in [0.2, 0.25) is 11.8 Å². The van der Waals surface area contributed by atoms with Gasteiger partial charge < -0.3 is 10.2 Å². The van der Waals surface area contributed by atoms with Gasteiger partial charge in [0.15, 0.2) is 0 Å². The third-order valence-corrected chi connectivity index (χ3v) is 5.72. The Morgan fingerprint density at radius 2 is 2.16 bits per heavy atom. The van der Waals surface area contributed by atoms with Gasteiger partial charge in [-0.25, -0.2) is 4.98 Å². The van der Waals surface area contributed by atoms with Crippen LogP contribution in [0.4, 0.5) is 0 Å². The second-order valence-corrected chi connectivity index (χ2v) is 7.53. The molecule has 1 aliphatic heterocycles. The zero-order valence-electron chi connectivity index (χ0n) is 14.7. The lowest BCUT2D eigenvalue weighted by atomic mass is 10.2. The molecule has 2 heterocycles. The molecular formula is C19H25N3O2S. The highest BCUT2D eigenvalue weighted by molar-refractivity contribution is 7.18. The van der Waals surface area contributed by atoms with E-state index in [1.165, 1.54) is 0 Å². The largest absolute Gasteiger partial charge is 0.356 e. The molecule has 1 saturated heterocycles. The molecule has 1 fully saturated rings. The summed E-state index contributed by atoms with van der Waals surface area (Å²) in [7, 11) is 0. The molecular weight excluding hydrogens is 334 g/mol. The number of nitrogens with one attached hydrogen (secondary N) is 1. The number of carbonyl (C=O) groups is 2. The molecule has 0 aliphatic carbocycles. The molecule has 0 radical (unpaired) electrons. The Hall–Kier alpha value is -1.95. The fourth-order valence-corrected chi connectivity index (χ4v) is 4.33. The topological polar surface area (TPSA) is 62.3 Å². The van der Waals surface area contributed by atoms with Crippen LogP contribution >= 0.6 is 11.3 Å². The first kappa shape index (κ1) is 17.9. The third kappa shape index (κ3) is 4.37. The number of hydrogen-bond acceptors (Lipinski definition) is 4. The van der Waals surface area contributed by atoms with E-state index in [1.54, 1.807) is 11.3 Å². The Balaban J connectivity index is 1.59. The van der Waals surface area contributed by atoms with E-state index in [0.29, 0.717) is 6.54 Å². The van der Waals surface area contributed by atoms with Crippen molar-refractivity contribution in [3.63, 3.8) is 0 Å². The van der Waals surface area contributed by atoms with Gasteiger partial charge in [0.25, 0.3) is 0 Å². The Morgan fingerprint density at radius 1 is 1.32 bits per heavy atom. The maximum absolute atomic E-state index is 12.6. The highest BCUT2D eigenvalue weighted by Gasteiger charge is 2.32. The van der Waals surface area contributed by atoms with Crippen molar-refractivity contribution in [1.82, 2.24) is 15.2 Å². The maximum atomic E-state index is 12.6. The zero-order chi connectivity index (χ0) is 17.6. The molecule has 134 valence electrons. The van der Waals surface area contributed by atoms with Gasteiger partial charge in [0.1, 0.15) is 5.01 Å². The normalized spacial score (nSPS) is 17.2. The van der Waals surface area contributed by atoms with Crippen LogP contribution < -0.4 is 5.32 Å². The van der Waals surface area contributed by atoms with Crippen molar-refractivity contribution in [2.75, 3.05) is 13.1 Å². The lowest BCUT2D eigenvalue weighted by Gasteiger charge is -2.23. The van der Waals surface area contributed by atoms with Crippen LogP contribution in [0, 0.1) is 0 Å². The number of hydrogen-bond donors (Lipinski definition) is 1. The first-order chi connectivity index (χ1) is 12.2. The maximum Gasteiger partial charge on any atom is 0.223 e. The van der Waals surface area contributed by atoms with Crippen LogP contribution in [0.3, 0.4) is 0 Å². The molecule has 3 rings (SSSR count). The molecule has 1 atom stereocenters. The van der Waals surface area contributed by atoms with E-state index in [9.17, 15) is 9.59 Å². The first-order valence-corrected chi connectivity index (χ1v) is 9.92. The number of nitrogens with zero attached hydrogens (tertiary/aromatic N) is 2. The summed E-state index contributed by atoms with van der Waals surface area (Å²) in [6.45, 7) is 3.55. The number of para-hydroxylation sites is 1. The number of likely N-dealkylation sites (tertiary alicyclic amines) is 1. The van der Waals surface area contributed by atoms with Crippen LogP contribution in [0.2, 0.25) is 0 Å². The molecule has 0 bridgehead atoms. The van der Waals surface area contributed by atoms with E-state index in [-0.39, 0.29) is 30.7 Å². The van der Waals surface area contributed by atoms with Gasteiger partial charge in [-0.1, -0.05) is 25.5 Å². The molecule has 5 nitrogen and oxygen atoms in total. The Kier molecular flexibility index (Phi) is 6.02. The molecule has 0 spiro atoms. The van der Waals surface area contributed by atoms with E-state index in [2.05, 4.69) is 18.3 Å². The second kappa shape index (κ2) is 8.43. The predicted octanol–water partition coefficient (Wildman–Crippen LogP) is 3.66. The summed E-state index contributed by atoms with van der Waals surface area (Å²) in [6, 6.07) is 8.14. The van der Waals surface area contributed by atoms with Gasteiger partial charge >= 0.3 is 0 Å². The van der Waals surface area contributed by atoms with Crippen molar-refractivity contribution in [3.8, 4) is 0 Å². The van der Waals surface area contributed by atoms with Crippen LogP contribution in [0.1, 0.15) is 56.5 Å². The average molecular weight is 359 g/mol. The Bertz CT molecular complexity index is 710. The number of rotatable bonds is 7. The highest BCUT2D eigenvalue weighted by atomic mass is 32.1. The summed E-state index contributed by atoms with van der Waals surface area (Å²) in [4.78, 5) is 31.0. The van der Waals surface area contributed by atoms with Crippen molar-refractivity contribution in [2.24, 2.45) is 0 Å². The smallest absolute Gasteiger partial charge is 0.223 e. The summed E-state index contributed by atoms with van der Waals surface area (Å²) in [5.74, 6) is 0.0323. The number of carbonyl (C=O) groups excluding carboxylic acids is 2. The molecule has 1 N–H and O–H groups in total. The quantitative estimate of drug-likeness (QED) is 0.768. The number of unbranched alkanes of at least 4 members (excludes halogenated alkanes) is 1. The van der Waals surface area contributed by atoms with E-state index in [1.807, 2.05) is 23.1 Å². The minimum atomic E-state index is -0.0301. The van der Waals surface area contributed by atoms with Gasteiger partial charge in [0.05, 0.1) is 16.3 Å². The molecule has 0 unspecified atom stereocenters. The minimum Gasteiger partial charge on any atom is -0.356 e. The number of aromatic nitrogens is 1. The number of amides is 2. The van der Waals surface area contributed by atoms with E-state index in [4.69, 9.17) is 4.98 Å². The molecule has 1 aromatic carbocycles. The molecule has 1 aromatic heterocycles. The number of benzene rings is 1. The standard InChI is InChI=1S/C19H25N3O2S/c1-2-3-12-20-17(23)10-11-18(24)22-13-6-8-15(22)19-21-14-7-4-5-9-16(14)25-19/h4-5,7,9,15H,2-3,6,8,10-13H2,1H3,(H,20,23)/t15-/m0/s1. The molecule has 6 heteroatoms. The summed E-state index contributed by atoms with van der Waals surface area (Å²) in [6.07, 6.45) is 4.52. The highest BCUT2D eigenvalue weighted by Crippen LogP contribution is 2.36. The molecule has 25 heavy (non-hydrogen) atoms. The molecule has 2 aromatic rings. The average Bonchev–Trinajstić information content (AvgIpc) is 3.26. The van der Waals surface area contributed by atoms with Gasteiger partial charge in [-0.3, -0.25) is 9.59 Å². The van der Waals surface area contributed by atoms with Gasteiger partial charge in [-0.2, -0.15) is 0 Å². The van der Waals surface area contributed by atoms with Crippen molar-refractivity contribution in [2.45, 2.75) is 51.5 Å². The van der Waals surface area contributed by atoms with Gasteiger partial charge in [-0.05, 0) is 31.4 Å². The van der Waals surface area contributed by atoms with Gasteiger partial charge in [0, 0.05) is 25.9 Å². The molecule has 0 saturated carbocycles. The van der Waals surface area contributed by atoms with E-state index in [0.717, 1.165) is 47.5 Å². The lowest BCUT2D eigenvalue weighted by Crippen LogP contribution is -2.32. The monoisotopic (exact) mass is 359 g/mol. The van der Waals surface area contributed by atoms with Crippen molar-refractivity contribution >= 4 is 33.4 Å². The Labute approximate surface area is 152 Å². The fourth-order valence-electron chi connectivity index (χ4n) is 3.21. The van der Waals surface area contributed by atoms with Crippen molar-refractivity contribution in [1.29, 1.82) is 0 Å². The van der Waals surface area contributed by atoms with Crippen LogP contribution in [-0.4, -0.2) is 34.8 Å². The van der Waals surface area contributed by atoms with E-state index >= 15 is 0 Å². The van der Waals surface area contributed by atoms with Crippen molar-refractivity contribution in [3.05, 3.63) is 29.3 Å². The third-order valence-electron chi connectivity index (χ3n) is 4.59. The predicted molar refractivity (Wildman–Crippen MR) is 100 cm³/mol. The molecule has 2 amide bonds. The number of thiazole rings is 1. The fraction of sp³-hybridized carbons (Fsp3) is 0.526. The first-order valence-electron chi connectivity index (χ1n) is 9.10. The van der Waals surface area contributed by atoms with Crippen molar-refractivity contribution < 1.29 is 9.59 Å². The second-order valence-electron chi connectivity index (χ2n) is 6.47. The van der Waals surface area contributed by atoms with Gasteiger partial charge in [-0.15, -0.1) is 11.3 Å². The number of fused-ring (bicyclic) bond motifs is 1. The summed E-state index contributed by atoms with van der Waals surface area (Å²) >= 11 is 1.67. The van der Waals surface area contributed by atoms with Crippen LogP contribution in [0.15, 0.2) is 24.3 Å². The van der Waals surface area contributed by atoms with Crippen LogP contribution in [0.5, 0.6) is 0 Å². The Morgan fingerprint density at radius 3 is 2.96 bits per heavy atom. The summed E-state index contributed by atoms with van der Waals surface area (Å²) in [5, 5.41) is 3.88. The lowest BCUT2D eigenvalue weighted by molar-refractivity contribution is -0.134. The van der Waals surface area contributed by atoms with Crippen LogP contribution in [0.25, 0.3) is 10.2 Å². The zero-order valence-corrected chi connectivity index (χ0v) is 15.5. The minimum absolute atomic E-state index is 0.0301. The summed E-state index contributed by atoms with van der Waals surface area (Å²) in [5.41, 5.74) is 0.997. The summed E-state index contributed by atoms with van der Waals surface area (Å²) < 4.78 is 1.16. The van der Waals surface area contributed by atoms with Crippen LogP contribution in [-0.2, 0) is 9.59 Å². The van der Waals surface area contributed by atoms with E-state index < -0.39 is 0 Å².